The van der Waals surface area contributed by atoms with Gasteiger partial charge in [0.25, 0.3) is 6.47 Å². The fraction of sp³-hybridized carbons (Fsp3) is 0.143. The second kappa shape index (κ2) is 9.93. The van der Waals surface area contributed by atoms with Crippen molar-refractivity contribution in [3.63, 3.8) is 0 Å². The van der Waals surface area contributed by atoms with E-state index in [1.54, 1.807) is 13.2 Å². The molecule has 0 aliphatic heterocycles. The summed E-state index contributed by atoms with van der Waals surface area (Å²) in [4.78, 5) is 24.6. The molecule has 0 radical (unpaired) electrons. The molecule has 0 fully saturated rings. The number of ether oxygens (including phenoxy) is 3. The molecule has 1 heterocycles. The summed E-state index contributed by atoms with van der Waals surface area (Å²) in [5.41, 5.74) is 4.55. The molecule has 5 nitrogen and oxygen atoms in total. The number of thiophene rings is 1. The molecule has 0 saturated carbocycles. The molecule has 34 heavy (non-hydrogen) atoms. The van der Waals surface area contributed by atoms with Crippen molar-refractivity contribution in [1.29, 1.82) is 0 Å². The molecule has 0 unspecified atom stereocenters. The first kappa shape index (κ1) is 23.3. The Morgan fingerprint density at radius 3 is 2.24 bits per heavy atom. The van der Waals surface area contributed by atoms with Gasteiger partial charge in [-0.2, -0.15) is 0 Å². The standard InChI is InChI=1S/C28H24O5S/c1-17-13-18(2)25(19(3)14-17)26(30)28-27(23-10-9-22(31-4)15-24(23)34-28)33-21-7-5-20(6-8-21)11-12-32-16-29/h5-16H,1-4H3/b12-11+. The maximum absolute atomic E-state index is 13.8. The summed E-state index contributed by atoms with van der Waals surface area (Å²) < 4.78 is 17.2. The van der Waals surface area contributed by atoms with E-state index in [9.17, 15) is 9.59 Å². The van der Waals surface area contributed by atoms with Crippen molar-refractivity contribution in [1.82, 2.24) is 0 Å². The molecule has 0 aliphatic rings. The van der Waals surface area contributed by atoms with Gasteiger partial charge in [0.05, 0.1) is 13.4 Å². The van der Waals surface area contributed by atoms with E-state index in [1.165, 1.54) is 17.6 Å². The van der Waals surface area contributed by atoms with Crippen LogP contribution in [-0.4, -0.2) is 19.4 Å². The summed E-state index contributed by atoms with van der Waals surface area (Å²) in [7, 11) is 1.62. The molecule has 172 valence electrons. The van der Waals surface area contributed by atoms with Crippen LogP contribution in [-0.2, 0) is 9.53 Å². The minimum absolute atomic E-state index is 0.0595. The lowest BCUT2D eigenvalue weighted by molar-refractivity contribution is -0.123. The van der Waals surface area contributed by atoms with E-state index < -0.39 is 0 Å². The van der Waals surface area contributed by atoms with Gasteiger partial charge in [-0.1, -0.05) is 29.8 Å². The molecule has 6 heteroatoms. The van der Waals surface area contributed by atoms with Crippen LogP contribution in [0, 0.1) is 20.8 Å². The Hall–Kier alpha value is -3.90. The topological polar surface area (TPSA) is 61.8 Å². The number of carbonyl (C=O) groups is 2. The number of benzene rings is 3. The Balaban J connectivity index is 1.78. The average Bonchev–Trinajstić information content (AvgIpc) is 3.17. The predicted molar refractivity (Wildman–Crippen MR) is 135 cm³/mol. The van der Waals surface area contributed by atoms with Crippen molar-refractivity contribution in [3.05, 3.63) is 93.6 Å². The molecule has 0 amide bonds. The molecule has 0 atom stereocenters. The summed E-state index contributed by atoms with van der Waals surface area (Å²) in [6.45, 7) is 6.31. The summed E-state index contributed by atoms with van der Waals surface area (Å²) in [6, 6.07) is 17.0. The molecule has 4 rings (SSSR count). The van der Waals surface area contributed by atoms with Crippen LogP contribution in [0.15, 0.2) is 60.9 Å². The van der Waals surface area contributed by atoms with Crippen LogP contribution in [0.2, 0.25) is 0 Å². The maximum Gasteiger partial charge on any atom is 0.297 e. The molecule has 0 spiro atoms. The lowest BCUT2D eigenvalue weighted by Gasteiger charge is -2.12. The van der Waals surface area contributed by atoms with Crippen LogP contribution >= 0.6 is 11.3 Å². The van der Waals surface area contributed by atoms with E-state index in [2.05, 4.69) is 4.74 Å². The number of methoxy groups -OCH3 is 1. The molecule has 4 aromatic rings. The SMILES string of the molecule is COc1ccc2c(Oc3ccc(/C=C/OC=O)cc3)c(C(=O)c3c(C)cc(C)cc3C)sc2c1. The first-order valence-corrected chi connectivity index (χ1v) is 11.5. The fourth-order valence-corrected chi connectivity index (χ4v) is 5.10. The number of hydrogen-bond donors (Lipinski definition) is 0. The number of carbonyl (C=O) groups excluding carboxylic acids is 2. The van der Waals surface area contributed by atoms with Gasteiger partial charge in [0, 0.05) is 15.6 Å². The van der Waals surface area contributed by atoms with Crippen molar-refractivity contribution < 1.29 is 23.8 Å². The highest BCUT2D eigenvalue weighted by Crippen LogP contribution is 2.43. The normalized spacial score (nSPS) is 11.1. The smallest absolute Gasteiger partial charge is 0.297 e. The van der Waals surface area contributed by atoms with E-state index in [0.717, 1.165) is 38.1 Å². The number of ketones is 1. The number of aryl methyl sites for hydroxylation is 3. The Labute approximate surface area is 202 Å². The third-order valence-corrected chi connectivity index (χ3v) is 6.59. The summed E-state index contributed by atoms with van der Waals surface area (Å²) >= 11 is 1.40. The van der Waals surface area contributed by atoms with Gasteiger partial charge in [0.1, 0.15) is 16.4 Å². The highest BCUT2D eigenvalue weighted by atomic mass is 32.1. The van der Waals surface area contributed by atoms with Gasteiger partial charge < -0.3 is 14.2 Å². The zero-order valence-corrected chi connectivity index (χ0v) is 20.2. The van der Waals surface area contributed by atoms with Gasteiger partial charge in [-0.3, -0.25) is 9.59 Å². The third kappa shape index (κ3) is 4.72. The molecule has 1 aromatic heterocycles. The van der Waals surface area contributed by atoms with Crippen LogP contribution in [0.25, 0.3) is 16.2 Å². The molecular formula is C28H24O5S. The van der Waals surface area contributed by atoms with Crippen LogP contribution in [0.5, 0.6) is 17.2 Å². The lowest BCUT2D eigenvalue weighted by atomic mass is 9.95. The van der Waals surface area contributed by atoms with Gasteiger partial charge in [0.15, 0.2) is 5.75 Å². The zero-order valence-electron chi connectivity index (χ0n) is 19.4. The van der Waals surface area contributed by atoms with Gasteiger partial charge >= 0.3 is 0 Å². The molecule has 0 saturated heterocycles. The molecule has 0 aliphatic carbocycles. The monoisotopic (exact) mass is 472 g/mol. The Kier molecular flexibility index (Phi) is 6.80. The lowest BCUT2D eigenvalue weighted by Crippen LogP contribution is -2.06. The van der Waals surface area contributed by atoms with Gasteiger partial charge in [-0.25, -0.2) is 0 Å². The van der Waals surface area contributed by atoms with Crippen molar-refractivity contribution in [2.24, 2.45) is 0 Å². The second-order valence-corrected chi connectivity index (χ2v) is 8.98. The van der Waals surface area contributed by atoms with Gasteiger partial charge in [-0.15, -0.1) is 11.3 Å². The van der Waals surface area contributed by atoms with E-state index in [4.69, 9.17) is 9.47 Å². The Morgan fingerprint density at radius 2 is 1.59 bits per heavy atom. The van der Waals surface area contributed by atoms with Crippen LogP contribution in [0.1, 0.15) is 37.5 Å². The van der Waals surface area contributed by atoms with Crippen molar-refractivity contribution in [2.75, 3.05) is 7.11 Å². The first-order valence-electron chi connectivity index (χ1n) is 10.7. The fourth-order valence-electron chi connectivity index (χ4n) is 4.00. The highest BCUT2D eigenvalue weighted by molar-refractivity contribution is 7.21. The summed E-state index contributed by atoms with van der Waals surface area (Å²) in [6.07, 6.45) is 2.98. The minimum Gasteiger partial charge on any atom is -0.497 e. The van der Waals surface area contributed by atoms with E-state index in [-0.39, 0.29) is 5.78 Å². The first-order chi connectivity index (χ1) is 16.4. The van der Waals surface area contributed by atoms with Crippen LogP contribution in [0.3, 0.4) is 0 Å². The zero-order chi connectivity index (χ0) is 24.2. The molecule has 3 aromatic carbocycles. The quantitative estimate of drug-likeness (QED) is 0.157. The predicted octanol–water partition coefficient (Wildman–Crippen LogP) is 7.00. The molecular weight excluding hydrogens is 448 g/mol. The number of fused-ring (bicyclic) bond motifs is 1. The molecule has 0 N–H and O–H groups in total. The average molecular weight is 473 g/mol. The van der Waals surface area contributed by atoms with Gasteiger partial charge in [-0.05, 0) is 73.9 Å². The molecule has 0 bridgehead atoms. The second-order valence-electron chi connectivity index (χ2n) is 7.93. The number of hydrogen-bond acceptors (Lipinski definition) is 6. The largest absolute Gasteiger partial charge is 0.497 e. The van der Waals surface area contributed by atoms with Gasteiger partial charge in [0.2, 0.25) is 5.78 Å². The summed E-state index contributed by atoms with van der Waals surface area (Å²) in [5.74, 6) is 1.78. The van der Waals surface area contributed by atoms with E-state index in [1.807, 2.05) is 75.4 Å². The van der Waals surface area contributed by atoms with E-state index in [0.29, 0.717) is 28.4 Å². The van der Waals surface area contributed by atoms with Crippen LogP contribution < -0.4 is 9.47 Å². The van der Waals surface area contributed by atoms with E-state index >= 15 is 0 Å². The van der Waals surface area contributed by atoms with Crippen molar-refractivity contribution in [2.45, 2.75) is 20.8 Å². The van der Waals surface area contributed by atoms with Crippen LogP contribution in [0.4, 0.5) is 0 Å². The number of rotatable bonds is 8. The Bertz CT molecular complexity index is 1370. The third-order valence-electron chi connectivity index (χ3n) is 5.46. The maximum atomic E-state index is 13.8. The Morgan fingerprint density at radius 1 is 0.912 bits per heavy atom. The highest BCUT2D eigenvalue weighted by Gasteiger charge is 2.24. The van der Waals surface area contributed by atoms with Crippen molar-refractivity contribution in [3.8, 4) is 17.2 Å². The minimum atomic E-state index is -0.0595. The van der Waals surface area contributed by atoms with Crippen molar-refractivity contribution >= 4 is 39.8 Å². The summed E-state index contributed by atoms with van der Waals surface area (Å²) in [5, 5.41) is 0.847.